The molecule has 1 aromatic heterocycles. The molecule has 19 heavy (non-hydrogen) atoms. The molecule has 1 saturated carbocycles. The lowest BCUT2D eigenvalue weighted by atomic mass is 9.85. The molecule has 1 aromatic rings. The second kappa shape index (κ2) is 5.29. The van der Waals surface area contributed by atoms with E-state index in [-0.39, 0.29) is 23.8 Å². The molecule has 7 nitrogen and oxygen atoms in total. The standard InChI is InChI=1S/C12H19N5O2/c1-17-10(9(13)6-15-17)12(19)16-8-4-2-7(3-5-8)11(14)18/h6-8H,2-5,13H2,1H3,(H2,14,18)(H,16,19). The molecule has 0 aliphatic heterocycles. The molecule has 0 radical (unpaired) electrons. The van der Waals surface area contributed by atoms with Crippen LogP contribution in [0.1, 0.15) is 36.2 Å². The highest BCUT2D eigenvalue weighted by Gasteiger charge is 2.26. The van der Waals surface area contributed by atoms with Gasteiger partial charge in [-0.15, -0.1) is 0 Å². The Morgan fingerprint density at radius 3 is 2.47 bits per heavy atom. The van der Waals surface area contributed by atoms with Gasteiger partial charge < -0.3 is 16.8 Å². The fraction of sp³-hybridized carbons (Fsp3) is 0.583. The highest BCUT2D eigenvalue weighted by molar-refractivity contribution is 5.97. The highest BCUT2D eigenvalue weighted by Crippen LogP contribution is 2.24. The summed E-state index contributed by atoms with van der Waals surface area (Å²) in [5, 5.41) is 6.87. The number of nitrogen functional groups attached to an aromatic ring is 1. The third kappa shape index (κ3) is 2.86. The lowest BCUT2D eigenvalue weighted by Crippen LogP contribution is -2.40. The number of amides is 2. The zero-order chi connectivity index (χ0) is 14.0. The molecule has 104 valence electrons. The largest absolute Gasteiger partial charge is 0.396 e. The Morgan fingerprint density at radius 1 is 1.37 bits per heavy atom. The van der Waals surface area contributed by atoms with E-state index in [2.05, 4.69) is 10.4 Å². The molecular weight excluding hydrogens is 246 g/mol. The molecule has 2 amide bonds. The van der Waals surface area contributed by atoms with Gasteiger partial charge in [0.05, 0.1) is 11.9 Å². The molecule has 1 aliphatic rings. The molecule has 1 aliphatic carbocycles. The first-order valence-electron chi connectivity index (χ1n) is 6.36. The molecule has 0 saturated heterocycles. The van der Waals surface area contributed by atoms with E-state index in [9.17, 15) is 9.59 Å². The van der Waals surface area contributed by atoms with Crippen LogP contribution in [0.5, 0.6) is 0 Å². The molecule has 0 aromatic carbocycles. The molecule has 1 heterocycles. The number of nitrogens with one attached hydrogen (secondary N) is 1. The quantitative estimate of drug-likeness (QED) is 0.700. The van der Waals surface area contributed by atoms with Crippen molar-refractivity contribution in [3.8, 4) is 0 Å². The monoisotopic (exact) mass is 265 g/mol. The van der Waals surface area contributed by atoms with Crippen molar-refractivity contribution in [2.45, 2.75) is 31.7 Å². The molecule has 0 unspecified atom stereocenters. The van der Waals surface area contributed by atoms with Gasteiger partial charge in [-0.05, 0) is 25.7 Å². The van der Waals surface area contributed by atoms with Crippen LogP contribution in [0.25, 0.3) is 0 Å². The van der Waals surface area contributed by atoms with Gasteiger partial charge in [-0.2, -0.15) is 5.10 Å². The van der Waals surface area contributed by atoms with E-state index in [4.69, 9.17) is 11.5 Å². The second-order valence-electron chi connectivity index (χ2n) is 5.00. The van der Waals surface area contributed by atoms with Crippen LogP contribution < -0.4 is 16.8 Å². The summed E-state index contributed by atoms with van der Waals surface area (Å²) in [5.41, 5.74) is 11.7. The number of rotatable bonds is 3. The first-order valence-corrected chi connectivity index (χ1v) is 6.36. The zero-order valence-corrected chi connectivity index (χ0v) is 10.9. The van der Waals surface area contributed by atoms with Crippen molar-refractivity contribution in [1.29, 1.82) is 0 Å². The van der Waals surface area contributed by atoms with Crippen molar-refractivity contribution in [3.05, 3.63) is 11.9 Å². The van der Waals surface area contributed by atoms with Crippen LogP contribution in [0.4, 0.5) is 5.69 Å². The molecule has 0 spiro atoms. The number of carbonyl (C=O) groups is 2. The van der Waals surface area contributed by atoms with Gasteiger partial charge in [-0.3, -0.25) is 14.3 Å². The summed E-state index contributed by atoms with van der Waals surface area (Å²) >= 11 is 0. The normalized spacial score (nSPS) is 23.0. The maximum Gasteiger partial charge on any atom is 0.271 e. The summed E-state index contributed by atoms with van der Waals surface area (Å²) in [4.78, 5) is 23.2. The number of carbonyl (C=O) groups excluding carboxylic acids is 2. The van der Waals surface area contributed by atoms with Crippen molar-refractivity contribution < 1.29 is 9.59 Å². The Kier molecular flexibility index (Phi) is 3.73. The Morgan fingerprint density at radius 2 is 2.00 bits per heavy atom. The van der Waals surface area contributed by atoms with Gasteiger partial charge in [-0.1, -0.05) is 0 Å². The van der Waals surface area contributed by atoms with Crippen molar-refractivity contribution in [3.63, 3.8) is 0 Å². The number of anilines is 1. The Bertz CT molecular complexity index is 469. The molecule has 1 fully saturated rings. The van der Waals surface area contributed by atoms with E-state index in [1.165, 1.54) is 10.9 Å². The molecule has 7 heteroatoms. The minimum absolute atomic E-state index is 0.0603. The van der Waals surface area contributed by atoms with Crippen LogP contribution in [0, 0.1) is 5.92 Å². The van der Waals surface area contributed by atoms with Gasteiger partial charge in [0.1, 0.15) is 5.69 Å². The summed E-state index contributed by atoms with van der Waals surface area (Å²) in [7, 11) is 1.68. The number of nitrogens with zero attached hydrogens (tertiary/aromatic N) is 2. The third-order valence-corrected chi connectivity index (χ3v) is 3.65. The lowest BCUT2D eigenvalue weighted by molar-refractivity contribution is -0.122. The van der Waals surface area contributed by atoms with E-state index in [0.717, 1.165) is 25.7 Å². The summed E-state index contributed by atoms with van der Waals surface area (Å²) in [5.74, 6) is -0.532. The summed E-state index contributed by atoms with van der Waals surface area (Å²) in [6.07, 6.45) is 4.43. The first-order chi connectivity index (χ1) is 8.99. The van der Waals surface area contributed by atoms with Crippen LogP contribution >= 0.6 is 0 Å². The average Bonchev–Trinajstić information content (AvgIpc) is 2.69. The molecule has 5 N–H and O–H groups in total. The van der Waals surface area contributed by atoms with E-state index < -0.39 is 0 Å². The number of nitrogens with two attached hydrogens (primary N) is 2. The number of hydrogen-bond donors (Lipinski definition) is 3. The maximum atomic E-state index is 12.1. The topological polar surface area (TPSA) is 116 Å². The fourth-order valence-corrected chi connectivity index (χ4v) is 2.51. The van der Waals surface area contributed by atoms with Crippen molar-refractivity contribution in [2.24, 2.45) is 18.7 Å². The van der Waals surface area contributed by atoms with Crippen molar-refractivity contribution >= 4 is 17.5 Å². The van der Waals surface area contributed by atoms with Gasteiger partial charge in [-0.25, -0.2) is 0 Å². The summed E-state index contributed by atoms with van der Waals surface area (Å²) in [6.45, 7) is 0. The fourth-order valence-electron chi connectivity index (χ4n) is 2.51. The van der Waals surface area contributed by atoms with Gasteiger partial charge in [0.2, 0.25) is 5.91 Å². The number of aryl methyl sites for hydroxylation is 1. The Labute approximate surface area is 111 Å². The lowest BCUT2D eigenvalue weighted by Gasteiger charge is -2.27. The number of primary amides is 1. The third-order valence-electron chi connectivity index (χ3n) is 3.65. The molecule has 0 atom stereocenters. The smallest absolute Gasteiger partial charge is 0.271 e. The predicted octanol–water partition coefficient (Wildman–Crippen LogP) is -0.224. The van der Waals surface area contributed by atoms with Crippen LogP contribution in [0.3, 0.4) is 0 Å². The first kappa shape index (κ1) is 13.4. The van der Waals surface area contributed by atoms with Gasteiger partial charge >= 0.3 is 0 Å². The number of aromatic nitrogens is 2. The molecule has 2 rings (SSSR count). The Hall–Kier alpha value is -2.05. The van der Waals surface area contributed by atoms with Crippen LogP contribution in [-0.4, -0.2) is 27.6 Å². The second-order valence-corrected chi connectivity index (χ2v) is 5.00. The van der Waals surface area contributed by atoms with E-state index in [0.29, 0.717) is 11.4 Å². The van der Waals surface area contributed by atoms with Crippen molar-refractivity contribution in [2.75, 3.05) is 5.73 Å². The van der Waals surface area contributed by atoms with Gasteiger partial charge in [0.25, 0.3) is 5.91 Å². The predicted molar refractivity (Wildman–Crippen MR) is 70.0 cm³/mol. The van der Waals surface area contributed by atoms with Gasteiger partial charge in [0, 0.05) is 19.0 Å². The summed E-state index contributed by atoms with van der Waals surface area (Å²) in [6, 6.07) is 0.0670. The van der Waals surface area contributed by atoms with Crippen molar-refractivity contribution in [1.82, 2.24) is 15.1 Å². The number of hydrogen-bond acceptors (Lipinski definition) is 4. The average molecular weight is 265 g/mol. The minimum Gasteiger partial charge on any atom is -0.396 e. The van der Waals surface area contributed by atoms with Crippen LogP contribution in [0.2, 0.25) is 0 Å². The van der Waals surface area contributed by atoms with Crippen LogP contribution in [-0.2, 0) is 11.8 Å². The van der Waals surface area contributed by atoms with E-state index in [1.807, 2.05) is 0 Å². The molecular formula is C12H19N5O2. The van der Waals surface area contributed by atoms with E-state index in [1.54, 1.807) is 7.05 Å². The summed E-state index contributed by atoms with van der Waals surface area (Å²) < 4.78 is 1.46. The Balaban J connectivity index is 1.93. The minimum atomic E-state index is -0.249. The highest BCUT2D eigenvalue weighted by atomic mass is 16.2. The zero-order valence-electron chi connectivity index (χ0n) is 10.9. The SMILES string of the molecule is Cn1ncc(N)c1C(=O)NC1CCC(C(N)=O)CC1. The van der Waals surface area contributed by atoms with Gasteiger partial charge in [0.15, 0.2) is 0 Å². The maximum absolute atomic E-state index is 12.1. The van der Waals surface area contributed by atoms with E-state index >= 15 is 0 Å². The van der Waals surface area contributed by atoms with Crippen LogP contribution in [0.15, 0.2) is 6.20 Å². The molecule has 0 bridgehead atoms.